The van der Waals surface area contributed by atoms with E-state index in [0.29, 0.717) is 22.5 Å². The molecule has 2 heterocycles. The van der Waals surface area contributed by atoms with Crippen LogP contribution in [-0.2, 0) is 0 Å². The van der Waals surface area contributed by atoms with Crippen molar-refractivity contribution in [3.8, 4) is 40.5 Å². The van der Waals surface area contributed by atoms with Crippen LogP contribution >= 0.6 is 0 Å². The van der Waals surface area contributed by atoms with Crippen molar-refractivity contribution in [3.05, 3.63) is 65.9 Å². The number of aryl methyl sites for hydroxylation is 1. The van der Waals surface area contributed by atoms with E-state index in [-0.39, 0.29) is 12.5 Å². The minimum Gasteiger partial charge on any atom is -0.461 e. The van der Waals surface area contributed by atoms with Gasteiger partial charge in [0, 0.05) is 11.8 Å². The molecule has 0 spiro atoms. The van der Waals surface area contributed by atoms with Crippen molar-refractivity contribution in [3.63, 3.8) is 0 Å². The van der Waals surface area contributed by atoms with E-state index in [4.69, 9.17) is 10.00 Å². The number of ether oxygens (including phenoxy) is 1. The highest BCUT2D eigenvalue weighted by atomic mass is 16.5. The number of hydrogen-bond acceptors (Lipinski definition) is 5. The van der Waals surface area contributed by atoms with Crippen molar-refractivity contribution >= 4 is 0 Å². The van der Waals surface area contributed by atoms with Crippen LogP contribution in [0.4, 0.5) is 0 Å². The monoisotopic (exact) mass is 326 g/mol. The summed E-state index contributed by atoms with van der Waals surface area (Å²) in [6, 6.07) is 19.2. The van der Waals surface area contributed by atoms with Gasteiger partial charge in [-0.25, -0.2) is 4.98 Å². The molecule has 25 heavy (non-hydrogen) atoms. The first-order valence-corrected chi connectivity index (χ1v) is 7.66. The summed E-state index contributed by atoms with van der Waals surface area (Å²) >= 11 is 0. The first-order valence-electron chi connectivity index (χ1n) is 7.66. The van der Waals surface area contributed by atoms with Gasteiger partial charge < -0.3 is 4.74 Å². The molecule has 0 amide bonds. The lowest BCUT2D eigenvalue weighted by atomic mass is 9.99. The molecule has 120 valence electrons. The molecule has 1 aromatic carbocycles. The summed E-state index contributed by atoms with van der Waals surface area (Å²) in [7, 11) is 0. The van der Waals surface area contributed by atoms with Gasteiger partial charge in [-0.3, -0.25) is 4.98 Å². The van der Waals surface area contributed by atoms with Gasteiger partial charge >= 0.3 is 0 Å². The van der Waals surface area contributed by atoms with Crippen molar-refractivity contribution in [1.82, 2.24) is 9.97 Å². The minimum atomic E-state index is -0.180. The fraction of sp³-hybridized carbons (Fsp3) is 0.100. The minimum absolute atomic E-state index is 0.141. The van der Waals surface area contributed by atoms with Crippen molar-refractivity contribution < 1.29 is 4.74 Å². The van der Waals surface area contributed by atoms with Crippen molar-refractivity contribution in [2.75, 3.05) is 6.61 Å². The molecule has 0 unspecified atom stereocenters. The maximum absolute atomic E-state index is 9.61. The molecule has 0 aliphatic rings. The van der Waals surface area contributed by atoms with Crippen molar-refractivity contribution in [2.24, 2.45) is 0 Å². The van der Waals surface area contributed by atoms with E-state index >= 15 is 0 Å². The molecule has 0 fully saturated rings. The van der Waals surface area contributed by atoms with E-state index in [9.17, 15) is 5.26 Å². The lowest BCUT2D eigenvalue weighted by Crippen LogP contribution is -2.02. The van der Waals surface area contributed by atoms with E-state index in [1.807, 2.05) is 61.5 Å². The van der Waals surface area contributed by atoms with E-state index in [1.54, 1.807) is 6.20 Å². The van der Waals surface area contributed by atoms with Gasteiger partial charge in [-0.05, 0) is 30.7 Å². The third-order valence-electron chi connectivity index (χ3n) is 3.66. The zero-order chi connectivity index (χ0) is 17.6. The Bertz CT molecular complexity index is 968. The number of nitriles is 2. The van der Waals surface area contributed by atoms with Crippen LogP contribution in [0.5, 0.6) is 5.88 Å². The molecule has 0 atom stereocenters. The zero-order valence-corrected chi connectivity index (χ0v) is 13.6. The van der Waals surface area contributed by atoms with Gasteiger partial charge in [-0.15, -0.1) is 0 Å². The lowest BCUT2D eigenvalue weighted by Gasteiger charge is -2.12. The second-order valence-electron chi connectivity index (χ2n) is 5.37. The molecule has 0 radical (unpaired) electrons. The molecule has 0 aliphatic heterocycles. The van der Waals surface area contributed by atoms with E-state index in [1.165, 1.54) is 0 Å². The Labute approximate surface area is 145 Å². The molecule has 5 nitrogen and oxygen atoms in total. The maximum Gasteiger partial charge on any atom is 0.233 e. The zero-order valence-electron chi connectivity index (χ0n) is 13.6. The first kappa shape index (κ1) is 16.2. The Morgan fingerprint density at radius 2 is 1.84 bits per heavy atom. The second-order valence-corrected chi connectivity index (χ2v) is 5.37. The van der Waals surface area contributed by atoms with E-state index in [0.717, 1.165) is 11.1 Å². The Morgan fingerprint density at radius 3 is 2.48 bits per heavy atom. The number of pyridine rings is 2. The Morgan fingerprint density at radius 1 is 1.04 bits per heavy atom. The summed E-state index contributed by atoms with van der Waals surface area (Å²) in [6.45, 7) is 1.82. The highest BCUT2D eigenvalue weighted by molar-refractivity contribution is 5.77. The quantitative estimate of drug-likeness (QED) is 0.726. The van der Waals surface area contributed by atoms with Gasteiger partial charge in [0.05, 0.1) is 11.4 Å². The number of nitrogens with zero attached hydrogens (tertiary/aromatic N) is 4. The van der Waals surface area contributed by atoms with Crippen LogP contribution in [-0.4, -0.2) is 16.6 Å². The van der Waals surface area contributed by atoms with Crippen molar-refractivity contribution in [1.29, 1.82) is 10.5 Å². The molecular weight excluding hydrogens is 312 g/mol. The summed E-state index contributed by atoms with van der Waals surface area (Å²) in [5, 5.41) is 18.4. The van der Waals surface area contributed by atoms with Gasteiger partial charge in [0.2, 0.25) is 5.88 Å². The third kappa shape index (κ3) is 3.46. The van der Waals surface area contributed by atoms with Gasteiger partial charge in [0.25, 0.3) is 0 Å². The summed E-state index contributed by atoms with van der Waals surface area (Å²) < 4.78 is 5.40. The maximum atomic E-state index is 9.61. The average Bonchev–Trinajstić information content (AvgIpc) is 2.67. The highest BCUT2D eigenvalue weighted by Gasteiger charge is 2.17. The predicted molar refractivity (Wildman–Crippen MR) is 93.5 cm³/mol. The summed E-state index contributed by atoms with van der Waals surface area (Å²) in [5.41, 5.74) is 4.26. The van der Waals surface area contributed by atoms with Crippen LogP contribution in [0.15, 0.2) is 54.7 Å². The molecule has 2 aromatic heterocycles. The smallest absolute Gasteiger partial charge is 0.233 e. The molecule has 0 aliphatic carbocycles. The van der Waals surface area contributed by atoms with Crippen molar-refractivity contribution in [2.45, 2.75) is 6.92 Å². The van der Waals surface area contributed by atoms with Gasteiger partial charge in [0.15, 0.2) is 6.61 Å². The standard InChI is InChI=1S/C20H14N4O/c1-14-5-7-15(8-6-14)16-12-19(18-4-2-3-10-23-18)24-20(17(16)13-22)25-11-9-21/h2-8,10,12H,11H2,1H3. The highest BCUT2D eigenvalue weighted by Crippen LogP contribution is 2.33. The number of aromatic nitrogens is 2. The van der Waals surface area contributed by atoms with E-state index < -0.39 is 0 Å². The van der Waals surface area contributed by atoms with Gasteiger partial charge in [-0.1, -0.05) is 35.9 Å². The fourth-order valence-corrected chi connectivity index (χ4v) is 2.44. The van der Waals surface area contributed by atoms with Crippen LogP contribution in [0.3, 0.4) is 0 Å². The molecular formula is C20H14N4O. The summed E-state index contributed by atoms with van der Waals surface area (Å²) in [4.78, 5) is 8.71. The SMILES string of the molecule is Cc1ccc(-c2cc(-c3ccccn3)nc(OCC#N)c2C#N)cc1. The fourth-order valence-electron chi connectivity index (χ4n) is 2.44. The molecule has 0 N–H and O–H groups in total. The van der Waals surface area contributed by atoms with Crippen LogP contribution in [0, 0.1) is 29.6 Å². The molecule has 0 bridgehead atoms. The Kier molecular flexibility index (Phi) is 4.69. The Hall–Kier alpha value is -3.70. The molecule has 3 rings (SSSR count). The number of rotatable bonds is 4. The topological polar surface area (TPSA) is 82.6 Å². The summed E-state index contributed by atoms with van der Waals surface area (Å²) in [6.07, 6.45) is 1.68. The number of benzene rings is 1. The van der Waals surface area contributed by atoms with Crippen LogP contribution in [0.2, 0.25) is 0 Å². The summed E-state index contributed by atoms with van der Waals surface area (Å²) in [5.74, 6) is 0.141. The predicted octanol–water partition coefficient (Wildman–Crippen LogP) is 3.89. The molecule has 0 saturated carbocycles. The van der Waals surface area contributed by atoms with Crippen LogP contribution in [0.1, 0.15) is 11.1 Å². The molecule has 0 saturated heterocycles. The lowest BCUT2D eigenvalue weighted by molar-refractivity contribution is 0.353. The van der Waals surface area contributed by atoms with Crippen LogP contribution < -0.4 is 4.74 Å². The largest absolute Gasteiger partial charge is 0.461 e. The van der Waals surface area contributed by atoms with E-state index in [2.05, 4.69) is 16.0 Å². The molecule has 3 aromatic rings. The second kappa shape index (κ2) is 7.25. The van der Waals surface area contributed by atoms with Crippen LogP contribution in [0.25, 0.3) is 22.5 Å². The number of hydrogen-bond donors (Lipinski definition) is 0. The third-order valence-corrected chi connectivity index (χ3v) is 3.66. The average molecular weight is 326 g/mol. The first-order chi connectivity index (χ1) is 12.2. The van der Waals surface area contributed by atoms with Gasteiger partial charge in [0.1, 0.15) is 17.7 Å². The van der Waals surface area contributed by atoms with Gasteiger partial charge in [-0.2, -0.15) is 10.5 Å². The normalized spacial score (nSPS) is 9.88. The Balaban J connectivity index is 2.22. The molecule has 5 heteroatoms.